The highest BCUT2D eigenvalue weighted by Crippen LogP contribution is 2.42. The minimum absolute atomic E-state index is 0.00979. The molecule has 1 unspecified atom stereocenters. The number of rotatable bonds is 10. The smallest absolute Gasteiger partial charge is 0.295 e. The first-order valence-electron chi connectivity index (χ1n) is 10.8. The number of Topliss-reactive ketones (excluding diaryl/α,β-unsaturated/α-hetero) is 1. The van der Waals surface area contributed by atoms with Crippen molar-refractivity contribution in [3.05, 3.63) is 59.2 Å². The minimum Gasteiger partial charge on any atom is -0.507 e. The largest absolute Gasteiger partial charge is 0.507 e. The van der Waals surface area contributed by atoms with E-state index in [1.807, 2.05) is 6.92 Å². The number of hydrogen-bond donors (Lipinski definition) is 2. The van der Waals surface area contributed by atoms with Gasteiger partial charge in [0.25, 0.3) is 11.7 Å². The van der Waals surface area contributed by atoms with Crippen LogP contribution in [-0.4, -0.2) is 60.8 Å². The first-order chi connectivity index (χ1) is 16.0. The van der Waals surface area contributed by atoms with E-state index in [1.165, 1.54) is 19.1 Å². The number of amides is 1. The van der Waals surface area contributed by atoms with Gasteiger partial charge in [0.05, 0.1) is 38.0 Å². The van der Waals surface area contributed by atoms with Crippen molar-refractivity contribution in [3.63, 3.8) is 0 Å². The maximum absolute atomic E-state index is 13.1. The molecule has 8 heteroatoms. The Labute approximate surface area is 193 Å². The van der Waals surface area contributed by atoms with E-state index in [2.05, 4.69) is 0 Å². The Balaban J connectivity index is 2.14. The van der Waals surface area contributed by atoms with Crippen molar-refractivity contribution in [2.24, 2.45) is 0 Å². The van der Waals surface area contributed by atoms with Gasteiger partial charge in [-0.2, -0.15) is 0 Å². The summed E-state index contributed by atoms with van der Waals surface area (Å²) in [5.41, 5.74) is 0.913. The SMILES string of the molecule is CCCN1C(=O)C(=O)/C(=C(\O)c2ccc(OC)cc2OC)C1c1cccc(OCCCO)c1. The van der Waals surface area contributed by atoms with E-state index in [-0.39, 0.29) is 23.5 Å². The third-order valence-electron chi connectivity index (χ3n) is 5.41. The van der Waals surface area contributed by atoms with Gasteiger partial charge in [0.1, 0.15) is 23.0 Å². The molecule has 8 nitrogen and oxygen atoms in total. The predicted octanol–water partition coefficient (Wildman–Crippen LogP) is 3.30. The topological polar surface area (TPSA) is 106 Å². The number of likely N-dealkylation sites (tertiary alicyclic amines) is 1. The maximum Gasteiger partial charge on any atom is 0.295 e. The zero-order valence-corrected chi connectivity index (χ0v) is 19.0. The second-order valence-electron chi connectivity index (χ2n) is 7.56. The molecule has 1 aliphatic rings. The Morgan fingerprint density at radius 3 is 2.52 bits per heavy atom. The number of carbonyl (C=O) groups is 2. The van der Waals surface area contributed by atoms with Crippen LogP contribution in [0.5, 0.6) is 17.2 Å². The zero-order valence-electron chi connectivity index (χ0n) is 19.0. The van der Waals surface area contributed by atoms with Gasteiger partial charge in [0.15, 0.2) is 0 Å². The average molecular weight is 456 g/mol. The summed E-state index contributed by atoms with van der Waals surface area (Å²) >= 11 is 0. The molecule has 1 atom stereocenters. The number of aliphatic hydroxyl groups is 2. The van der Waals surface area contributed by atoms with Crippen molar-refractivity contribution >= 4 is 17.4 Å². The molecule has 0 aromatic heterocycles. The highest BCUT2D eigenvalue weighted by atomic mass is 16.5. The van der Waals surface area contributed by atoms with E-state index in [0.717, 1.165) is 0 Å². The molecule has 0 spiro atoms. The van der Waals surface area contributed by atoms with Crippen LogP contribution >= 0.6 is 0 Å². The van der Waals surface area contributed by atoms with Gasteiger partial charge < -0.3 is 29.3 Å². The van der Waals surface area contributed by atoms with Gasteiger partial charge in [-0.15, -0.1) is 0 Å². The van der Waals surface area contributed by atoms with Crippen LogP contribution in [0, 0.1) is 0 Å². The maximum atomic E-state index is 13.1. The van der Waals surface area contributed by atoms with Crippen LogP contribution in [0.4, 0.5) is 0 Å². The summed E-state index contributed by atoms with van der Waals surface area (Å²) in [5.74, 6) is -0.349. The lowest BCUT2D eigenvalue weighted by Crippen LogP contribution is -2.30. The summed E-state index contributed by atoms with van der Waals surface area (Å²) in [4.78, 5) is 27.4. The number of carbonyl (C=O) groups excluding carboxylic acids is 2. The molecule has 2 aromatic carbocycles. The second-order valence-corrected chi connectivity index (χ2v) is 7.56. The molecule has 0 radical (unpaired) electrons. The average Bonchev–Trinajstić information content (AvgIpc) is 3.09. The van der Waals surface area contributed by atoms with Crippen LogP contribution < -0.4 is 14.2 Å². The van der Waals surface area contributed by atoms with Crippen molar-refractivity contribution in [2.75, 3.05) is 34.0 Å². The molecule has 0 aliphatic carbocycles. The fourth-order valence-corrected chi connectivity index (χ4v) is 3.87. The summed E-state index contributed by atoms with van der Waals surface area (Å²) in [6.07, 6.45) is 1.12. The Kier molecular flexibility index (Phi) is 7.95. The van der Waals surface area contributed by atoms with Crippen LogP contribution in [0.1, 0.15) is 36.9 Å². The molecule has 2 N–H and O–H groups in total. The van der Waals surface area contributed by atoms with Gasteiger partial charge in [0.2, 0.25) is 0 Å². The Morgan fingerprint density at radius 1 is 1.06 bits per heavy atom. The summed E-state index contributed by atoms with van der Waals surface area (Å²) in [7, 11) is 2.96. The third kappa shape index (κ3) is 4.96. The lowest BCUT2D eigenvalue weighted by atomic mass is 9.94. The van der Waals surface area contributed by atoms with Crippen molar-refractivity contribution in [2.45, 2.75) is 25.8 Å². The number of methoxy groups -OCH3 is 2. The highest BCUT2D eigenvalue weighted by Gasteiger charge is 2.46. The van der Waals surface area contributed by atoms with Gasteiger partial charge in [-0.3, -0.25) is 9.59 Å². The van der Waals surface area contributed by atoms with Crippen LogP contribution in [0.15, 0.2) is 48.0 Å². The minimum atomic E-state index is -0.779. The normalized spacial score (nSPS) is 17.3. The molecule has 2 aromatic rings. The Hall–Kier alpha value is -3.52. The number of benzene rings is 2. The van der Waals surface area contributed by atoms with Crippen LogP contribution in [0.3, 0.4) is 0 Å². The lowest BCUT2D eigenvalue weighted by molar-refractivity contribution is -0.139. The fraction of sp³-hybridized carbons (Fsp3) is 0.360. The highest BCUT2D eigenvalue weighted by molar-refractivity contribution is 6.46. The van der Waals surface area contributed by atoms with E-state index in [9.17, 15) is 14.7 Å². The summed E-state index contributed by atoms with van der Waals surface area (Å²) in [6, 6.07) is 11.1. The Morgan fingerprint density at radius 2 is 1.85 bits per heavy atom. The first-order valence-corrected chi connectivity index (χ1v) is 10.8. The first kappa shape index (κ1) is 24.1. The monoisotopic (exact) mass is 455 g/mol. The molecule has 1 fully saturated rings. The van der Waals surface area contributed by atoms with Gasteiger partial charge in [0, 0.05) is 25.6 Å². The molecule has 1 saturated heterocycles. The van der Waals surface area contributed by atoms with Crippen molar-refractivity contribution < 1.29 is 34.0 Å². The fourth-order valence-electron chi connectivity index (χ4n) is 3.87. The molecule has 1 aliphatic heterocycles. The molecular weight excluding hydrogens is 426 g/mol. The Bertz CT molecular complexity index is 1050. The van der Waals surface area contributed by atoms with Crippen molar-refractivity contribution in [1.29, 1.82) is 0 Å². The molecule has 0 bridgehead atoms. The zero-order chi connectivity index (χ0) is 24.0. The number of aliphatic hydroxyl groups excluding tert-OH is 2. The molecule has 0 saturated carbocycles. The van der Waals surface area contributed by atoms with Gasteiger partial charge >= 0.3 is 0 Å². The predicted molar refractivity (Wildman–Crippen MR) is 122 cm³/mol. The lowest BCUT2D eigenvalue weighted by Gasteiger charge is -2.25. The van der Waals surface area contributed by atoms with Gasteiger partial charge in [-0.1, -0.05) is 19.1 Å². The number of nitrogens with zero attached hydrogens (tertiary/aromatic N) is 1. The molecule has 1 heterocycles. The molecular formula is C25H29NO7. The standard InChI is InChI=1S/C25H29NO7/c1-4-11-26-22(16-7-5-8-18(14-16)33-13-6-12-27)21(24(29)25(26)30)23(28)19-10-9-17(31-2)15-20(19)32-3/h5,7-10,14-15,22,27-28H,4,6,11-13H2,1-3H3/b23-21-. The molecule has 176 valence electrons. The van der Waals surface area contributed by atoms with E-state index in [1.54, 1.807) is 42.5 Å². The van der Waals surface area contributed by atoms with Crippen molar-refractivity contribution in [1.82, 2.24) is 4.90 Å². The van der Waals surface area contributed by atoms with Crippen LogP contribution in [-0.2, 0) is 9.59 Å². The van der Waals surface area contributed by atoms with E-state index < -0.39 is 17.7 Å². The number of hydrogen-bond acceptors (Lipinski definition) is 7. The molecule has 1 amide bonds. The quantitative estimate of drug-likeness (QED) is 0.245. The number of ether oxygens (including phenoxy) is 3. The van der Waals surface area contributed by atoms with Crippen LogP contribution in [0.25, 0.3) is 5.76 Å². The van der Waals surface area contributed by atoms with Gasteiger partial charge in [-0.05, 0) is 36.2 Å². The van der Waals surface area contributed by atoms with E-state index >= 15 is 0 Å². The third-order valence-corrected chi connectivity index (χ3v) is 5.41. The van der Waals surface area contributed by atoms with Crippen molar-refractivity contribution in [3.8, 4) is 17.2 Å². The van der Waals surface area contributed by atoms with E-state index in [0.29, 0.717) is 48.8 Å². The second kappa shape index (κ2) is 10.9. The van der Waals surface area contributed by atoms with E-state index in [4.69, 9.17) is 19.3 Å². The molecule has 33 heavy (non-hydrogen) atoms. The van der Waals surface area contributed by atoms with Crippen LogP contribution in [0.2, 0.25) is 0 Å². The number of ketones is 1. The summed E-state index contributed by atoms with van der Waals surface area (Å²) < 4.78 is 16.3. The summed E-state index contributed by atoms with van der Waals surface area (Å²) in [5, 5.41) is 20.2. The molecule has 3 rings (SSSR count). The van der Waals surface area contributed by atoms with Gasteiger partial charge in [-0.25, -0.2) is 0 Å². The summed E-state index contributed by atoms with van der Waals surface area (Å²) in [6.45, 7) is 2.61.